The van der Waals surface area contributed by atoms with Crippen LogP contribution >= 0.6 is 0 Å². The standard InChI is InChI=1S/C32H50N2O/c1-18(2)20-9-10-31(4)17-23(11-19(3)26(31)14-20)27-8-7-24-13-22-12-21-15-28(33-6)29(35)16-25(21)30(22)32(24,5)34-27/h11,20-22,24-25,27-30,33-35H,1,7-10,12-17H2,2-6H3/t20-,21+,22+,24-,25-,27+,28-,29-,30-,31+,32-/m1/s1. The third kappa shape index (κ3) is 3.77. The van der Waals surface area contributed by atoms with Crippen molar-refractivity contribution in [1.29, 1.82) is 0 Å². The van der Waals surface area contributed by atoms with E-state index in [2.05, 4.69) is 51.0 Å². The molecule has 0 unspecified atom stereocenters. The number of rotatable bonds is 3. The lowest BCUT2D eigenvalue weighted by Crippen LogP contribution is -2.61. The Morgan fingerprint density at radius 3 is 2.66 bits per heavy atom. The summed E-state index contributed by atoms with van der Waals surface area (Å²) in [4.78, 5) is 0. The van der Waals surface area contributed by atoms with E-state index in [1.54, 1.807) is 16.7 Å². The Morgan fingerprint density at radius 2 is 1.91 bits per heavy atom. The molecule has 5 aliphatic carbocycles. The van der Waals surface area contributed by atoms with E-state index in [0.717, 1.165) is 30.1 Å². The fourth-order valence-corrected chi connectivity index (χ4v) is 10.6. The maximum Gasteiger partial charge on any atom is 0.0696 e. The first-order valence-electron chi connectivity index (χ1n) is 14.8. The van der Waals surface area contributed by atoms with Gasteiger partial charge in [0.25, 0.3) is 0 Å². The van der Waals surface area contributed by atoms with Crippen LogP contribution in [-0.4, -0.2) is 35.9 Å². The molecule has 0 bridgehead atoms. The van der Waals surface area contributed by atoms with Crippen LogP contribution in [0.3, 0.4) is 0 Å². The van der Waals surface area contributed by atoms with E-state index in [0.29, 0.717) is 29.3 Å². The molecule has 0 radical (unpaired) electrons. The van der Waals surface area contributed by atoms with Gasteiger partial charge in [-0.3, -0.25) is 0 Å². The topological polar surface area (TPSA) is 44.3 Å². The number of likely N-dealkylation sites (N-methyl/N-ethyl adjacent to an activating group) is 1. The fourth-order valence-electron chi connectivity index (χ4n) is 10.6. The van der Waals surface area contributed by atoms with Crippen molar-refractivity contribution in [3.05, 3.63) is 34.9 Å². The molecule has 6 rings (SSSR count). The number of hydrogen-bond acceptors (Lipinski definition) is 3. The quantitative estimate of drug-likeness (QED) is 0.426. The Labute approximate surface area is 214 Å². The zero-order valence-electron chi connectivity index (χ0n) is 23.0. The van der Waals surface area contributed by atoms with Crippen LogP contribution in [0.2, 0.25) is 0 Å². The SMILES string of the molecule is C=C(C)[C@@H]1CC[C@@]2(C)CC([C@@H]3CC[C@@H]4C[C@@H]5C[C@H]6C[C@@H](NC)[C@H](O)C[C@H]6[C@@H]5[C@]4(C)N3)=CC(C)=C2C1. The molecule has 3 N–H and O–H groups in total. The zero-order valence-corrected chi connectivity index (χ0v) is 23.0. The van der Waals surface area contributed by atoms with Crippen molar-refractivity contribution < 1.29 is 5.11 Å². The Hall–Kier alpha value is -0.900. The van der Waals surface area contributed by atoms with E-state index in [1.165, 1.54) is 63.4 Å². The van der Waals surface area contributed by atoms with Crippen LogP contribution in [-0.2, 0) is 0 Å². The largest absolute Gasteiger partial charge is 0.391 e. The highest BCUT2D eigenvalue weighted by atomic mass is 16.3. The summed E-state index contributed by atoms with van der Waals surface area (Å²) in [5, 5.41) is 18.7. The molecule has 1 aliphatic heterocycles. The summed E-state index contributed by atoms with van der Waals surface area (Å²) in [6.45, 7) is 14.0. The van der Waals surface area contributed by atoms with Crippen LogP contribution in [0.25, 0.3) is 0 Å². The molecule has 1 saturated heterocycles. The molecule has 35 heavy (non-hydrogen) atoms. The van der Waals surface area contributed by atoms with Gasteiger partial charge in [0.05, 0.1) is 6.10 Å². The Morgan fingerprint density at radius 1 is 1.11 bits per heavy atom. The number of nitrogens with one attached hydrogen (secondary N) is 2. The predicted octanol–water partition coefficient (Wildman–Crippen LogP) is 6.16. The van der Waals surface area contributed by atoms with Crippen molar-refractivity contribution in [2.75, 3.05) is 7.05 Å². The first kappa shape index (κ1) is 24.4. The number of allylic oxidation sites excluding steroid dienone is 4. The van der Waals surface area contributed by atoms with E-state index < -0.39 is 0 Å². The Kier molecular flexibility index (Phi) is 5.98. The van der Waals surface area contributed by atoms with Crippen molar-refractivity contribution in [3.8, 4) is 0 Å². The van der Waals surface area contributed by atoms with Gasteiger partial charge in [0.1, 0.15) is 0 Å². The average Bonchev–Trinajstić information content (AvgIpc) is 3.30. The van der Waals surface area contributed by atoms with Gasteiger partial charge in [-0.2, -0.15) is 0 Å². The highest BCUT2D eigenvalue weighted by molar-refractivity contribution is 5.41. The number of fused-ring (bicyclic) bond motifs is 6. The minimum absolute atomic E-state index is 0.177. The summed E-state index contributed by atoms with van der Waals surface area (Å²) in [5.41, 5.74) is 6.89. The smallest absolute Gasteiger partial charge is 0.0696 e. The summed E-state index contributed by atoms with van der Waals surface area (Å²) in [5.74, 6) is 4.59. The van der Waals surface area contributed by atoms with E-state index in [-0.39, 0.29) is 11.6 Å². The molecule has 0 aromatic rings. The zero-order chi connectivity index (χ0) is 24.7. The lowest BCUT2D eigenvalue weighted by molar-refractivity contribution is 0.0106. The molecular formula is C32H50N2O. The van der Waals surface area contributed by atoms with Gasteiger partial charge in [-0.05, 0) is 133 Å². The molecule has 3 heteroatoms. The summed E-state index contributed by atoms with van der Waals surface area (Å²) in [6, 6.07) is 0.822. The van der Waals surface area contributed by atoms with Gasteiger partial charge in [0.15, 0.2) is 0 Å². The van der Waals surface area contributed by atoms with Crippen LogP contribution in [0, 0.1) is 40.9 Å². The monoisotopic (exact) mass is 478 g/mol. The molecule has 194 valence electrons. The second-order valence-electron chi connectivity index (χ2n) is 14.3. The number of hydrogen-bond donors (Lipinski definition) is 3. The molecule has 4 saturated carbocycles. The first-order chi connectivity index (χ1) is 16.6. The molecular weight excluding hydrogens is 428 g/mol. The summed E-state index contributed by atoms with van der Waals surface area (Å²) in [6.07, 6.45) is 15.1. The van der Waals surface area contributed by atoms with Gasteiger partial charge >= 0.3 is 0 Å². The van der Waals surface area contributed by atoms with Gasteiger partial charge in [-0.25, -0.2) is 0 Å². The van der Waals surface area contributed by atoms with Crippen LogP contribution < -0.4 is 10.6 Å². The van der Waals surface area contributed by atoms with Crippen LogP contribution in [0.15, 0.2) is 34.9 Å². The third-order valence-corrected chi connectivity index (χ3v) is 12.3. The molecule has 1 heterocycles. The minimum atomic E-state index is -0.177. The Balaban J connectivity index is 1.24. The van der Waals surface area contributed by atoms with E-state index in [1.807, 2.05) is 7.05 Å². The number of aliphatic hydroxyl groups excluding tert-OH is 1. The highest BCUT2D eigenvalue weighted by Gasteiger charge is 2.62. The van der Waals surface area contributed by atoms with Crippen molar-refractivity contribution >= 4 is 0 Å². The predicted molar refractivity (Wildman–Crippen MR) is 145 cm³/mol. The first-order valence-corrected chi connectivity index (χ1v) is 14.8. The lowest BCUT2D eigenvalue weighted by atomic mass is 9.59. The number of piperidine rings is 1. The van der Waals surface area contributed by atoms with E-state index in [4.69, 9.17) is 0 Å². The van der Waals surface area contributed by atoms with Crippen molar-refractivity contribution in [3.63, 3.8) is 0 Å². The maximum absolute atomic E-state index is 10.9. The molecule has 3 nitrogen and oxygen atoms in total. The van der Waals surface area contributed by atoms with Crippen molar-refractivity contribution in [2.45, 2.75) is 116 Å². The van der Waals surface area contributed by atoms with Gasteiger partial charge < -0.3 is 15.7 Å². The van der Waals surface area contributed by atoms with Crippen molar-refractivity contribution in [2.24, 2.45) is 40.9 Å². The van der Waals surface area contributed by atoms with Crippen molar-refractivity contribution in [1.82, 2.24) is 10.6 Å². The second kappa shape index (κ2) is 8.57. The molecule has 5 fully saturated rings. The maximum atomic E-state index is 10.9. The Bertz CT molecular complexity index is 949. The second-order valence-corrected chi connectivity index (χ2v) is 14.3. The molecule has 0 amide bonds. The molecule has 0 aromatic heterocycles. The summed E-state index contributed by atoms with van der Waals surface area (Å²) < 4.78 is 0. The van der Waals surface area contributed by atoms with E-state index >= 15 is 0 Å². The number of aliphatic hydroxyl groups is 1. The fraction of sp³-hybridized carbons (Fsp3) is 0.812. The van der Waals surface area contributed by atoms with Gasteiger partial charge in [-0.15, -0.1) is 0 Å². The minimum Gasteiger partial charge on any atom is -0.391 e. The third-order valence-electron chi connectivity index (χ3n) is 12.3. The molecule has 6 aliphatic rings. The van der Waals surface area contributed by atoms with Gasteiger partial charge in [-0.1, -0.05) is 41.9 Å². The van der Waals surface area contributed by atoms with Gasteiger partial charge in [0.2, 0.25) is 0 Å². The van der Waals surface area contributed by atoms with E-state index in [9.17, 15) is 5.11 Å². The lowest BCUT2D eigenvalue weighted by Gasteiger charge is -2.51. The molecule has 0 aromatic carbocycles. The summed E-state index contributed by atoms with van der Waals surface area (Å²) >= 11 is 0. The summed E-state index contributed by atoms with van der Waals surface area (Å²) in [7, 11) is 2.03. The van der Waals surface area contributed by atoms with Crippen LogP contribution in [0.5, 0.6) is 0 Å². The molecule has 0 spiro atoms. The van der Waals surface area contributed by atoms with Crippen LogP contribution in [0.4, 0.5) is 0 Å². The normalized spacial score (nSPS) is 51.3. The van der Waals surface area contributed by atoms with Gasteiger partial charge in [0, 0.05) is 17.6 Å². The van der Waals surface area contributed by atoms with Crippen LogP contribution in [0.1, 0.15) is 91.9 Å². The average molecular weight is 479 g/mol. The molecule has 11 atom stereocenters. The highest BCUT2D eigenvalue weighted by Crippen LogP contribution is 2.63.